The summed E-state index contributed by atoms with van der Waals surface area (Å²) in [4.78, 5) is 18.8. The van der Waals surface area contributed by atoms with Crippen molar-refractivity contribution in [3.8, 4) is 0 Å². The Labute approximate surface area is 161 Å². The van der Waals surface area contributed by atoms with Crippen molar-refractivity contribution < 1.29 is 4.79 Å². The molecular weight excluding hydrogens is 344 g/mol. The fourth-order valence-corrected chi connectivity index (χ4v) is 6.18. The lowest BCUT2D eigenvalue weighted by Gasteiger charge is -2.49. The van der Waals surface area contributed by atoms with Crippen LogP contribution in [0, 0.1) is 5.41 Å². The average molecular weight is 377 g/mol. The van der Waals surface area contributed by atoms with Crippen LogP contribution in [0.3, 0.4) is 0 Å². The van der Waals surface area contributed by atoms with Crippen molar-refractivity contribution in [2.24, 2.45) is 5.41 Å². The Hall–Kier alpha value is -1.01. The lowest BCUT2D eigenvalue weighted by Crippen LogP contribution is -2.55. The first-order chi connectivity index (χ1) is 12.6. The Kier molecular flexibility index (Phi) is 5.33. The number of likely N-dealkylation sites (tertiary alicyclic amines) is 2. The third-order valence-electron chi connectivity index (χ3n) is 6.70. The van der Waals surface area contributed by atoms with Crippen LogP contribution in [-0.4, -0.2) is 51.0 Å². The van der Waals surface area contributed by atoms with Crippen molar-refractivity contribution >= 4 is 17.4 Å². The number of hydrogen-bond donors (Lipinski definition) is 0. The van der Waals surface area contributed by atoms with Gasteiger partial charge >= 0.3 is 0 Å². The topological polar surface area (TPSA) is 49.3 Å². The largest absolute Gasteiger partial charge is 0.339 e. The standard InChI is InChI=1S/C20H32N4OS/c1-15(2)19-17(26-22-21-19)12-23-11-5-9-20(13-23)10-8-18(25)24(14-20)16-6-3-4-7-16/h15-16H,3-14H2,1-2H3. The van der Waals surface area contributed by atoms with Gasteiger partial charge in [0, 0.05) is 37.5 Å². The molecule has 2 aliphatic heterocycles. The Morgan fingerprint density at radius 1 is 1.19 bits per heavy atom. The van der Waals surface area contributed by atoms with E-state index < -0.39 is 0 Å². The second-order valence-corrected chi connectivity index (χ2v) is 9.85. The molecule has 1 saturated carbocycles. The van der Waals surface area contributed by atoms with Gasteiger partial charge in [0.2, 0.25) is 5.91 Å². The second-order valence-electron chi connectivity index (χ2n) is 9.01. The van der Waals surface area contributed by atoms with Gasteiger partial charge in [-0.25, -0.2) is 0 Å². The van der Waals surface area contributed by atoms with Crippen LogP contribution in [0.2, 0.25) is 0 Å². The van der Waals surface area contributed by atoms with Crippen LogP contribution >= 0.6 is 11.5 Å². The Morgan fingerprint density at radius 3 is 2.77 bits per heavy atom. The van der Waals surface area contributed by atoms with Crippen LogP contribution in [0.1, 0.15) is 81.7 Å². The summed E-state index contributed by atoms with van der Waals surface area (Å²) in [6.45, 7) is 8.65. The van der Waals surface area contributed by atoms with E-state index in [0.717, 1.165) is 39.0 Å². The minimum absolute atomic E-state index is 0.310. The Bertz CT molecular complexity index is 640. The lowest BCUT2D eigenvalue weighted by atomic mass is 9.73. The zero-order chi connectivity index (χ0) is 18.1. The van der Waals surface area contributed by atoms with Gasteiger partial charge in [-0.1, -0.05) is 31.2 Å². The first-order valence-corrected chi connectivity index (χ1v) is 11.2. The average Bonchev–Trinajstić information content (AvgIpc) is 3.29. The highest BCUT2D eigenvalue weighted by Crippen LogP contribution is 2.41. The van der Waals surface area contributed by atoms with Gasteiger partial charge in [0.1, 0.15) is 0 Å². The van der Waals surface area contributed by atoms with E-state index in [1.807, 2.05) is 0 Å². The van der Waals surface area contributed by atoms with Crippen LogP contribution in [0.15, 0.2) is 0 Å². The zero-order valence-electron chi connectivity index (χ0n) is 16.2. The van der Waals surface area contributed by atoms with Gasteiger partial charge in [0.15, 0.2) is 0 Å². The van der Waals surface area contributed by atoms with Crippen molar-refractivity contribution in [2.45, 2.75) is 83.7 Å². The highest BCUT2D eigenvalue weighted by molar-refractivity contribution is 7.05. The summed E-state index contributed by atoms with van der Waals surface area (Å²) in [5.74, 6) is 0.848. The zero-order valence-corrected chi connectivity index (χ0v) is 17.1. The summed E-state index contributed by atoms with van der Waals surface area (Å²) >= 11 is 1.56. The summed E-state index contributed by atoms with van der Waals surface area (Å²) in [5, 5.41) is 4.35. The number of aromatic nitrogens is 2. The third kappa shape index (κ3) is 3.68. The van der Waals surface area contributed by atoms with Gasteiger partial charge < -0.3 is 4.90 Å². The fourth-order valence-electron chi connectivity index (χ4n) is 5.34. The maximum Gasteiger partial charge on any atom is 0.222 e. The highest BCUT2D eigenvalue weighted by Gasteiger charge is 2.43. The molecule has 3 fully saturated rings. The summed E-state index contributed by atoms with van der Waals surface area (Å²) in [6.07, 6.45) is 9.38. The van der Waals surface area contributed by atoms with E-state index in [1.165, 1.54) is 49.1 Å². The van der Waals surface area contributed by atoms with Crippen molar-refractivity contribution in [3.63, 3.8) is 0 Å². The van der Waals surface area contributed by atoms with E-state index in [0.29, 0.717) is 23.3 Å². The number of carbonyl (C=O) groups excluding carboxylic acids is 1. The first-order valence-electron chi connectivity index (χ1n) is 10.4. The predicted octanol–water partition coefficient (Wildman–Crippen LogP) is 3.81. The van der Waals surface area contributed by atoms with Crippen LogP contribution < -0.4 is 0 Å². The van der Waals surface area contributed by atoms with Crippen molar-refractivity contribution in [2.75, 3.05) is 19.6 Å². The molecule has 1 atom stereocenters. The smallest absolute Gasteiger partial charge is 0.222 e. The van der Waals surface area contributed by atoms with E-state index in [-0.39, 0.29) is 0 Å². The molecule has 4 rings (SSSR count). The van der Waals surface area contributed by atoms with Gasteiger partial charge in [-0.05, 0) is 56.1 Å². The van der Waals surface area contributed by atoms with Crippen LogP contribution in [0.4, 0.5) is 0 Å². The molecule has 5 nitrogen and oxygen atoms in total. The fraction of sp³-hybridized carbons (Fsp3) is 0.850. The molecule has 3 aliphatic rings. The summed E-state index contributed by atoms with van der Waals surface area (Å²) in [5.41, 5.74) is 1.48. The van der Waals surface area contributed by atoms with Crippen LogP contribution in [0.5, 0.6) is 0 Å². The Balaban J connectivity index is 1.45. The van der Waals surface area contributed by atoms with E-state index in [2.05, 4.69) is 33.2 Å². The molecule has 1 aliphatic carbocycles. The van der Waals surface area contributed by atoms with Crippen molar-refractivity contribution in [1.82, 2.24) is 19.4 Å². The number of hydrogen-bond acceptors (Lipinski definition) is 5. The van der Waals surface area contributed by atoms with Gasteiger partial charge in [0.25, 0.3) is 0 Å². The second kappa shape index (κ2) is 7.55. The third-order valence-corrected chi connectivity index (χ3v) is 7.42. The number of nitrogens with zero attached hydrogens (tertiary/aromatic N) is 4. The van der Waals surface area contributed by atoms with E-state index in [4.69, 9.17) is 0 Å². The maximum absolute atomic E-state index is 12.6. The van der Waals surface area contributed by atoms with Crippen LogP contribution in [-0.2, 0) is 11.3 Å². The molecule has 0 bridgehead atoms. The number of amides is 1. The first kappa shape index (κ1) is 18.4. The molecule has 3 heterocycles. The summed E-state index contributed by atoms with van der Waals surface area (Å²) in [7, 11) is 0. The van der Waals surface area contributed by atoms with Gasteiger partial charge in [-0.3, -0.25) is 9.69 Å². The summed E-state index contributed by atoms with van der Waals surface area (Å²) < 4.78 is 4.20. The van der Waals surface area contributed by atoms with E-state index in [1.54, 1.807) is 11.5 Å². The monoisotopic (exact) mass is 376 g/mol. The van der Waals surface area contributed by atoms with E-state index in [9.17, 15) is 4.79 Å². The molecule has 1 amide bonds. The molecule has 0 N–H and O–H groups in total. The maximum atomic E-state index is 12.6. The molecule has 26 heavy (non-hydrogen) atoms. The molecule has 6 heteroatoms. The van der Waals surface area contributed by atoms with Gasteiger partial charge in [-0.15, -0.1) is 5.10 Å². The molecular formula is C20H32N4OS. The van der Waals surface area contributed by atoms with Crippen LogP contribution in [0.25, 0.3) is 0 Å². The minimum Gasteiger partial charge on any atom is -0.339 e. The van der Waals surface area contributed by atoms with Crippen molar-refractivity contribution in [1.29, 1.82) is 0 Å². The highest BCUT2D eigenvalue weighted by atomic mass is 32.1. The summed E-state index contributed by atoms with van der Waals surface area (Å²) in [6, 6.07) is 0.522. The van der Waals surface area contributed by atoms with E-state index >= 15 is 0 Å². The SMILES string of the molecule is CC(C)c1nnsc1CN1CCCC2(CCC(=O)N(C3CCCC3)C2)C1. The molecule has 1 aromatic rings. The molecule has 2 saturated heterocycles. The Morgan fingerprint density at radius 2 is 2.00 bits per heavy atom. The predicted molar refractivity (Wildman–Crippen MR) is 104 cm³/mol. The number of rotatable bonds is 4. The van der Waals surface area contributed by atoms with Gasteiger partial charge in [0.05, 0.1) is 10.6 Å². The molecule has 144 valence electrons. The molecule has 0 radical (unpaired) electrons. The quantitative estimate of drug-likeness (QED) is 0.802. The molecule has 1 unspecified atom stereocenters. The normalized spacial score (nSPS) is 28.6. The van der Waals surface area contributed by atoms with Gasteiger partial charge in [-0.2, -0.15) is 0 Å². The van der Waals surface area contributed by atoms with Crippen molar-refractivity contribution in [3.05, 3.63) is 10.6 Å². The number of carbonyl (C=O) groups is 1. The lowest BCUT2D eigenvalue weighted by molar-refractivity contribution is -0.142. The molecule has 1 spiro atoms. The minimum atomic E-state index is 0.310. The molecule has 1 aromatic heterocycles. The number of piperidine rings is 2. The molecule has 0 aromatic carbocycles.